The first-order valence-corrected chi connectivity index (χ1v) is 5.98. The van der Waals surface area contributed by atoms with Gasteiger partial charge in [-0.2, -0.15) is 0 Å². The quantitative estimate of drug-likeness (QED) is 0.813. The Hall–Kier alpha value is -1.88. The fourth-order valence-electron chi connectivity index (χ4n) is 2.62. The second-order valence-corrected chi connectivity index (χ2v) is 4.86. The number of nitrogens with zero attached hydrogens (tertiary/aromatic N) is 1. The Kier molecular flexibility index (Phi) is 2.38. The van der Waals surface area contributed by atoms with Crippen molar-refractivity contribution in [1.29, 1.82) is 0 Å². The Morgan fingerprint density at radius 2 is 2.28 bits per heavy atom. The molecule has 18 heavy (non-hydrogen) atoms. The van der Waals surface area contributed by atoms with Gasteiger partial charge in [0.2, 0.25) is 5.91 Å². The molecule has 2 atom stereocenters. The summed E-state index contributed by atoms with van der Waals surface area (Å²) >= 11 is 0. The maximum Gasteiger partial charge on any atom is 0.308 e. The molecule has 1 fully saturated rings. The first-order valence-electron chi connectivity index (χ1n) is 5.98. The molecule has 0 bridgehead atoms. The first kappa shape index (κ1) is 11.2. The molecule has 0 aromatic heterocycles. The predicted molar refractivity (Wildman–Crippen MR) is 65.1 cm³/mol. The van der Waals surface area contributed by atoms with Crippen LogP contribution in [-0.4, -0.2) is 23.0 Å². The molecule has 2 unspecified atom stereocenters. The lowest BCUT2D eigenvalue weighted by molar-refractivity contribution is -0.138. The summed E-state index contributed by atoms with van der Waals surface area (Å²) in [6.07, 6.45) is 0.908. The zero-order chi connectivity index (χ0) is 12.9. The number of amides is 1. The van der Waals surface area contributed by atoms with Crippen molar-refractivity contribution in [1.82, 2.24) is 0 Å². The summed E-state index contributed by atoms with van der Waals surface area (Å²) in [6.45, 7) is 0.447. The molecule has 3 rings (SSSR count). The van der Waals surface area contributed by atoms with Gasteiger partial charge in [-0.1, -0.05) is 12.1 Å². The summed E-state index contributed by atoms with van der Waals surface area (Å²) < 4.78 is 0. The van der Waals surface area contributed by atoms with E-state index in [2.05, 4.69) is 0 Å². The summed E-state index contributed by atoms with van der Waals surface area (Å²) in [7, 11) is 0. The second-order valence-electron chi connectivity index (χ2n) is 4.86. The minimum absolute atomic E-state index is 0.00655. The Bertz CT molecular complexity index is 541. The summed E-state index contributed by atoms with van der Waals surface area (Å²) in [5, 5.41) is 8.95. The molecule has 5 heteroatoms. The number of carboxylic acid groups (broad SMARTS) is 1. The van der Waals surface area contributed by atoms with E-state index < -0.39 is 11.9 Å². The van der Waals surface area contributed by atoms with E-state index in [1.165, 1.54) is 0 Å². The zero-order valence-corrected chi connectivity index (χ0v) is 9.80. The van der Waals surface area contributed by atoms with Crippen molar-refractivity contribution >= 4 is 17.6 Å². The molecule has 1 heterocycles. The number of nitrogens with two attached hydrogens (primary N) is 1. The molecule has 2 aliphatic rings. The molecular formula is C13H14N2O3. The number of carbonyl (C=O) groups excluding carboxylic acids is 1. The van der Waals surface area contributed by atoms with E-state index in [9.17, 15) is 9.59 Å². The molecule has 1 aromatic carbocycles. The minimum atomic E-state index is -0.820. The smallest absolute Gasteiger partial charge is 0.308 e. The van der Waals surface area contributed by atoms with Gasteiger partial charge < -0.3 is 15.7 Å². The van der Waals surface area contributed by atoms with Crippen molar-refractivity contribution in [3.63, 3.8) is 0 Å². The van der Waals surface area contributed by atoms with Crippen LogP contribution >= 0.6 is 0 Å². The highest BCUT2D eigenvalue weighted by atomic mass is 16.4. The van der Waals surface area contributed by atoms with Crippen LogP contribution < -0.4 is 10.6 Å². The van der Waals surface area contributed by atoms with Crippen LogP contribution in [0.3, 0.4) is 0 Å². The Labute approximate surface area is 104 Å². The van der Waals surface area contributed by atoms with Gasteiger partial charge in [0.15, 0.2) is 0 Å². The molecule has 5 nitrogen and oxygen atoms in total. The van der Waals surface area contributed by atoms with Gasteiger partial charge in [-0.25, -0.2) is 0 Å². The number of anilines is 1. The fourth-order valence-corrected chi connectivity index (χ4v) is 2.62. The molecule has 0 saturated heterocycles. The van der Waals surface area contributed by atoms with Crippen LogP contribution in [0.25, 0.3) is 0 Å². The summed E-state index contributed by atoms with van der Waals surface area (Å²) in [5.41, 5.74) is 8.38. The van der Waals surface area contributed by atoms with Crippen LogP contribution in [-0.2, 0) is 22.6 Å². The molecule has 3 N–H and O–H groups in total. The highest BCUT2D eigenvalue weighted by Crippen LogP contribution is 2.43. The van der Waals surface area contributed by atoms with E-state index in [1.54, 1.807) is 4.90 Å². The summed E-state index contributed by atoms with van der Waals surface area (Å²) in [4.78, 5) is 24.5. The van der Waals surface area contributed by atoms with Crippen LogP contribution in [0.5, 0.6) is 0 Å². The van der Waals surface area contributed by atoms with Crippen molar-refractivity contribution in [2.24, 2.45) is 11.7 Å². The lowest BCUT2D eigenvalue weighted by Gasteiger charge is -2.17. The third kappa shape index (κ3) is 1.59. The zero-order valence-electron chi connectivity index (χ0n) is 9.80. The number of hydrogen-bond acceptors (Lipinski definition) is 3. The molecule has 1 amide bonds. The van der Waals surface area contributed by atoms with E-state index >= 15 is 0 Å². The molecule has 94 valence electrons. The molecule has 1 saturated carbocycles. The molecule has 0 radical (unpaired) electrons. The van der Waals surface area contributed by atoms with E-state index in [0.717, 1.165) is 16.8 Å². The number of rotatable bonds is 3. The molecule has 1 aliphatic heterocycles. The van der Waals surface area contributed by atoms with Crippen molar-refractivity contribution in [2.45, 2.75) is 25.4 Å². The third-order valence-electron chi connectivity index (χ3n) is 3.66. The Balaban J connectivity index is 1.91. The van der Waals surface area contributed by atoms with Crippen LogP contribution in [0.4, 0.5) is 5.69 Å². The van der Waals surface area contributed by atoms with Crippen molar-refractivity contribution in [2.75, 3.05) is 4.90 Å². The number of benzene rings is 1. The van der Waals surface area contributed by atoms with Gasteiger partial charge in [-0.15, -0.1) is 0 Å². The van der Waals surface area contributed by atoms with Crippen LogP contribution in [0.1, 0.15) is 17.5 Å². The van der Waals surface area contributed by atoms with Crippen LogP contribution in [0.15, 0.2) is 18.2 Å². The number of carbonyl (C=O) groups is 2. The largest absolute Gasteiger partial charge is 0.481 e. The van der Waals surface area contributed by atoms with Gasteiger partial charge in [0.1, 0.15) is 0 Å². The lowest BCUT2D eigenvalue weighted by atomic mass is 10.1. The number of carboxylic acids is 1. The lowest BCUT2D eigenvalue weighted by Crippen LogP contribution is -2.31. The monoisotopic (exact) mass is 246 g/mol. The van der Waals surface area contributed by atoms with Gasteiger partial charge in [0.25, 0.3) is 0 Å². The summed E-state index contributed by atoms with van der Waals surface area (Å²) in [6, 6.07) is 5.54. The Morgan fingerprint density at radius 1 is 1.50 bits per heavy atom. The standard InChI is InChI=1S/C13H14N2O3/c14-6-7-1-2-10-8(3-7)4-12(16)15(10)11-5-9(11)13(17)18/h1-3,9,11H,4-6,14H2,(H,17,18). The van der Waals surface area contributed by atoms with Gasteiger partial charge >= 0.3 is 5.97 Å². The van der Waals surface area contributed by atoms with E-state index in [4.69, 9.17) is 10.8 Å². The van der Waals surface area contributed by atoms with Crippen LogP contribution in [0.2, 0.25) is 0 Å². The molecule has 0 spiro atoms. The van der Waals surface area contributed by atoms with Crippen molar-refractivity contribution < 1.29 is 14.7 Å². The van der Waals surface area contributed by atoms with Gasteiger partial charge in [0, 0.05) is 12.2 Å². The molecule has 1 aromatic rings. The highest BCUT2D eigenvalue weighted by Gasteiger charge is 2.51. The maximum absolute atomic E-state index is 12.0. The Morgan fingerprint density at radius 3 is 2.89 bits per heavy atom. The summed E-state index contributed by atoms with van der Waals surface area (Å²) in [5.74, 6) is -1.23. The van der Waals surface area contributed by atoms with Gasteiger partial charge in [0.05, 0.1) is 18.4 Å². The van der Waals surface area contributed by atoms with Gasteiger partial charge in [-0.3, -0.25) is 9.59 Å². The number of hydrogen-bond donors (Lipinski definition) is 2. The van der Waals surface area contributed by atoms with Crippen molar-refractivity contribution in [3.8, 4) is 0 Å². The van der Waals surface area contributed by atoms with E-state index in [0.29, 0.717) is 19.4 Å². The molecular weight excluding hydrogens is 232 g/mol. The SMILES string of the molecule is NCc1ccc2c(c1)CC(=O)N2C1CC1C(=O)O. The molecule has 1 aliphatic carbocycles. The average Bonchev–Trinajstić information content (AvgIpc) is 3.05. The topological polar surface area (TPSA) is 83.6 Å². The van der Waals surface area contributed by atoms with Crippen LogP contribution in [0, 0.1) is 5.92 Å². The first-order chi connectivity index (χ1) is 8.61. The second kappa shape index (κ2) is 3.81. The highest BCUT2D eigenvalue weighted by molar-refractivity contribution is 6.03. The number of aliphatic carboxylic acids is 1. The normalized spacial score (nSPS) is 25.2. The minimum Gasteiger partial charge on any atom is -0.481 e. The number of fused-ring (bicyclic) bond motifs is 1. The van der Waals surface area contributed by atoms with E-state index in [1.807, 2.05) is 18.2 Å². The van der Waals surface area contributed by atoms with E-state index in [-0.39, 0.29) is 11.9 Å². The van der Waals surface area contributed by atoms with Gasteiger partial charge in [-0.05, 0) is 23.6 Å². The third-order valence-corrected chi connectivity index (χ3v) is 3.66. The average molecular weight is 246 g/mol. The van der Waals surface area contributed by atoms with Crippen molar-refractivity contribution in [3.05, 3.63) is 29.3 Å². The fraction of sp³-hybridized carbons (Fsp3) is 0.385. The predicted octanol–water partition coefficient (Wildman–Crippen LogP) is 0.508. The maximum atomic E-state index is 12.0.